The molecular weight excluding hydrogens is 224 g/mol. The van der Waals surface area contributed by atoms with E-state index in [-0.39, 0.29) is 11.9 Å². The molecule has 0 radical (unpaired) electrons. The highest BCUT2D eigenvalue weighted by Crippen LogP contribution is 2.40. The van der Waals surface area contributed by atoms with E-state index < -0.39 is 0 Å². The molecule has 1 amide bonds. The second kappa shape index (κ2) is 7.13. The van der Waals surface area contributed by atoms with Crippen molar-refractivity contribution < 1.29 is 4.79 Å². The molecule has 3 nitrogen and oxygen atoms in total. The lowest BCUT2D eigenvalue weighted by atomic mass is 10.1. The van der Waals surface area contributed by atoms with Crippen LogP contribution in [0.15, 0.2) is 0 Å². The minimum absolute atomic E-state index is 0.110. The summed E-state index contributed by atoms with van der Waals surface area (Å²) in [4.78, 5) is 11.8. The Bertz CT molecular complexity index is 257. The molecule has 0 bridgehead atoms. The molecule has 1 saturated heterocycles. The van der Waals surface area contributed by atoms with E-state index in [9.17, 15) is 4.79 Å². The fourth-order valence-electron chi connectivity index (χ4n) is 2.94. The molecule has 1 aliphatic heterocycles. The number of amides is 1. The summed E-state index contributed by atoms with van der Waals surface area (Å²) < 4.78 is 0. The highest BCUT2D eigenvalue weighted by Gasteiger charge is 2.47. The van der Waals surface area contributed by atoms with Gasteiger partial charge in [-0.15, -0.1) is 0 Å². The van der Waals surface area contributed by atoms with Gasteiger partial charge in [0.1, 0.15) is 0 Å². The van der Waals surface area contributed by atoms with E-state index in [0.717, 1.165) is 25.3 Å². The first-order valence-corrected chi connectivity index (χ1v) is 7.85. The first-order chi connectivity index (χ1) is 8.81. The van der Waals surface area contributed by atoms with E-state index in [1.807, 2.05) is 0 Å². The van der Waals surface area contributed by atoms with Crippen LogP contribution in [0, 0.1) is 5.92 Å². The summed E-state index contributed by atoms with van der Waals surface area (Å²) >= 11 is 0. The van der Waals surface area contributed by atoms with Crippen LogP contribution in [0.3, 0.4) is 0 Å². The van der Waals surface area contributed by atoms with Gasteiger partial charge in [0.25, 0.3) is 0 Å². The van der Waals surface area contributed by atoms with Crippen molar-refractivity contribution in [1.82, 2.24) is 10.6 Å². The summed E-state index contributed by atoms with van der Waals surface area (Å²) in [5.74, 6) is 1.03. The Hall–Kier alpha value is -0.570. The molecule has 3 unspecified atom stereocenters. The Morgan fingerprint density at radius 1 is 1.11 bits per heavy atom. The van der Waals surface area contributed by atoms with E-state index in [0.29, 0.717) is 6.04 Å². The minimum Gasteiger partial charge on any atom is -0.355 e. The third kappa shape index (κ3) is 4.27. The maximum atomic E-state index is 11.8. The van der Waals surface area contributed by atoms with Crippen LogP contribution in [0.2, 0.25) is 0 Å². The number of unbranched alkanes of at least 4 members (excludes halogenated alkanes) is 6. The molecule has 18 heavy (non-hydrogen) atoms. The summed E-state index contributed by atoms with van der Waals surface area (Å²) in [6.07, 6.45) is 11.5. The molecule has 0 aromatic carbocycles. The van der Waals surface area contributed by atoms with E-state index in [2.05, 4.69) is 17.6 Å². The van der Waals surface area contributed by atoms with Gasteiger partial charge >= 0.3 is 0 Å². The zero-order valence-electron chi connectivity index (χ0n) is 11.7. The maximum Gasteiger partial charge on any atom is 0.237 e. The van der Waals surface area contributed by atoms with E-state index >= 15 is 0 Å². The third-order valence-corrected chi connectivity index (χ3v) is 4.27. The van der Waals surface area contributed by atoms with Crippen molar-refractivity contribution in [3.05, 3.63) is 0 Å². The smallest absolute Gasteiger partial charge is 0.237 e. The quantitative estimate of drug-likeness (QED) is 0.619. The monoisotopic (exact) mass is 252 g/mol. The number of hydrogen-bond acceptors (Lipinski definition) is 2. The van der Waals surface area contributed by atoms with Gasteiger partial charge in [-0.3, -0.25) is 4.79 Å². The maximum absolute atomic E-state index is 11.8. The van der Waals surface area contributed by atoms with Gasteiger partial charge in [0.15, 0.2) is 0 Å². The van der Waals surface area contributed by atoms with Crippen LogP contribution < -0.4 is 10.6 Å². The third-order valence-electron chi connectivity index (χ3n) is 4.27. The Kier molecular flexibility index (Phi) is 5.48. The molecule has 2 aliphatic rings. The Labute approximate surface area is 111 Å². The molecule has 2 rings (SSSR count). The first kappa shape index (κ1) is 13.9. The molecule has 1 aliphatic carbocycles. The van der Waals surface area contributed by atoms with Gasteiger partial charge in [0.05, 0.1) is 6.04 Å². The number of nitrogens with one attached hydrogen (secondary N) is 2. The lowest BCUT2D eigenvalue weighted by Crippen LogP contribution is -2.42. The molecule has 1 saturated carbocycles. The van der Waals surface area contributed by atoms with Crippen molar-refractivity contribution >= 4 is 5.91 Å². The van der Waals surface area contributed by atoms with Gasteiger partial charge in [0, 0.05) is 12.6 Å². The SMILES string of the molecule is CCCCCCCCCNC(=O)C1CC2CC2N1. The summed E-state index contributed by atoms with van der Waals surface area (Å²) in [6, 6.07) is 0.776. The number of rotatable bonds is 9. The van der Waals surface area contributed by atoms with Gasteiger partial charge in [-0.25, -0.2) is 0 Å². The zero-order valence-corrected chi connectivity index (χ0v) is 11.7. The lowest BCUT2D eigenvalue weighted by molar-refractivity contribution is -0.123. The van der Waals surface area contributed by atoms with Crippen LogP contribution in [0.1, 0.15) is 64.7 Å². The highest BCUT2D eigenvalue weighted by molar-refractivity contribution is 5.82. The summed E-state index contributed by atoms with van der Waals surface area (Å²) in [6.45, 7) is 3.11. The van der Waals surface area contributed by atoms with Gasteiger partial charge in [-0.1, -0.05) is 45.4 Å². The fraction of sp³-hybridized carbons (Fsp3) is 0.933. The van der Waals surface area contributed by atoms with Crippen molar-refractivity contribution in [2.45, 2.75) is 76.8 Å². The second-order valence-corrected chi connectivity index (χ2v) is 5.97. The predicted octanol–water partition coefficient (Wildman–Crippen LogP) is 2.60. The lowest BCUT2D eigenvalue weighted by Gasteiger charge is -2.13. The Morgan fingerprint density at radius 3 is 2.50 bits per heavy atom. The number of hydrogen-bond donors (Lipinski definition) is 2. The summed E-state index contributed by atoms with van der Waals surface area (Å²) in [5, 5.41) is 6.46. The van der Waals surface area contributed by atoms with Crippen LogP contribution in [-0.2, 0) is 4.79 Å². The van der Waals surface area contributed by atoms with Gasteiger partial charge in [-0.05, 0) is 25.2 Å². The molecule has 0 aromatic heterocycles. The van der Waals surface area contributed by atoms with E-state index in [1.165, 1.54) is 44.9 Å². The average Bonchev–Trinajstić information content (AvgIpc) is 2.99. The Morgan fingerprint density at radius 2 is 1.83 bits per heavy atom. The molecule has 0 aromatic rings. The van der Waals surface area contributed by atoms with E-state index in [1.54, 1.807) is 0 Å². The first-order valence-electron chi connectivity index (χ1n) is 7.85. The van der Waals surface area contributed by atoms with Gasteiger partial charge in [0.2, 0.25) is 5.91 Å². The minimum atomic E-state index is 0.110. The number of carbonyl (C=O) groups is 1. The van der Waals surface area contributed by atoms with Crippen molar-refractivity contribution in [1.29, 1.82) is 0 Å². The normalized spacial score (nSPS) is 29.1. The predicted molar refractivity (Wildman–Crippen MR) is 74.4 cm³/mol. The molecule has 2 N–H and O–H groups in total. The van der Waals surface area contributed by atoms with E-state index in [4.69, 9.17) is 0 Å². The van der Waals surface area contributed by atoms with Crippen LogP contribution in [0.4, 0.5) is 0 Å². The molecule has 0 spiro atoms. The zero-order chi connectivity index (χ0) is 12.8. The number of fused-ring (bicyclic) bond motifs is 1. The summed E-state index contributed by atoms with van der Waals surface area (Å²) in [7, 11) is 0. The second-order valence-electron chi connectivity index (χ2n) is 5.97. The molecule has 3 atom stereocenters. The molecule has 1 heterocycles. The topological polar surface area (TPSA) is 41.1 Å². The van der Waals surface area contributed by atoms with Crippen LogP contribution in [0.5, 0.6) is 0 Å². The molecule has 104 valence electrons. The van der Waals surface area contributed by atoms with Crippen molar-refractivity contribution in [3.8, 4) is 0 Å². The largest absolute Gasteiger partial charge is 0.355 e. The summed E-state index contributed by atoms with van der Waals surface area (Å²) in [5.41, 5.74) is 0. The number of piperidine rings is 1. The van der Waals surface area contributed by atoms with Crippen LogP contribution in [0.25, 0.3) is 0 Å². The average molecular weight is 252 g/mol. The van der Waals surface area contributed by atoms with Gasteiger partial charge in [-0.2, -0.15) is 0 Å². The highest BCUT2D eigenvalue weighted by atomic mass is 16.2. The van der Waals surface area contributed by atoms with Crippen LogP contribution in [-0.4, -0.2) is 24.5 Å². The van der Waals surface area contributed by atoms with Crippen molar-refractivity contribution in [2.75, 3.05) is 6.54 Å². The molecule has 3 heteroatoms. The van der Waals surface area contributed by atoms with Gasteiger partial charge < -0.3 is 10.6 Å². The van der Waals surface area contributed by atoms with Crippen molar-refractivity contribution in [3.63, 3.8) is 0 Å². The number of carbonyl (C=O) groups excluding carboxylic acids is 1. The van der Waals surface area contributed by atoms with Crippen LogP contribution >= 0.6 is 0 Å². The Balaban J connectivity index is 1.40. The fourth-order valence-corrected chi connectivity index (χ4v) is 2.94. The van der Waals surface area contributed by atoms with Crippen molar-refractivity contribution in [2.24, 2.45) is 5.92 Å². The standard InChI is InChI=1S/C15H28N2O/c1-2-3-4-5-6-7-8-9-16-15(18)14-11-12-10-13(12)17-14/h12-14,17H,2-11H2,1H3,(H,16,18). The molecular formula is C15H28N2O. The molecule has 2 fully saturated rings.